The Hall–Kier alpha value is -1.79. The number of anilines is 1. The van der Waals surface area contributed by atoms with Crippen LogP contribution in [0.3, 0.4) is 0 Å². The van der Waals surface area contributed by atoms with Crippen LogP contribution < -0.4 is 5.32 Å². The highest BCUT2D eigenvalue weighted by molar-refractivity contribution is 5.83. The quantitative estimate of drug-likeness (QED) is 0.905. The maximum atomic E-state index is 12.4. The molecule has 1 amide bonds. The molecular weight excluding hydrogens is 247 g/mol. The molecule has 0 radical (unpaired) electrons. The van der Waals surface area contributed by atoms with E-state index in [-0.39, 0.29) is 11.7 Å². The topological polar surface area (TPSA) is 45.2 Å². The number of likely N-dealkylation sites (N-methyl/N-ethyl adjacent to an activating group) is 1. The van der Waals surface area contributed by atoms with Crippen LogP contribution in [0.2, 0.25) is 0 Å². The standard InChI is InChI=1S/C11H14F3N3O/c1-7(10(18)17(2)3)15-9-6-4-5-8(16-9)11(12,13)14/h4-7H,1-3H3,(H,15,16)/t7-/m0/s1. The molecule has 1 aromatic rings. The van der Waals surface area contributed by atoms with Crippen molar-refractivity contribution in [1.29, 1.82) is 0 Å². The highest BCUT2D eigenvalue weighted by Gasteiger charge is 2.32. The predicted molar refractivity (Wildman–Crippen MR) is 61.0 cm³/mol. The third kappa shape index (κ3) is 3.61. The number of aromatic nitrogens is 1. The van der Waals surface area contributed by atoms with Gasteiger partial charge in [-0.05, 0) is 19.1 Å². The first-order valence-electron chi connectivity index (χ1n) is 5.24. The SMILES string of the molecule is C[C@H](Nc1cccc(C(F)(F)F)n1)C(=O)N(C)C. The van der Waals surface area contributed by atoms with E-state index < -0.39 is 17.9 Å². The zero-order valence-electron chi connectivity index (χ0n) is 10.2. The van der Waals surface area contributed by atoms with Crippen LogP contribution in [0.25, 0.3) is 0 Å². The molecule has 1 rings (SSSR count). The maximum Gasteiger partial charge on any atom is 0.433 e. The molecule has 0 saturated heterocycles. The van der Waals surface area contributed by atoms with Gasteiger partial charge in [0.1, 0.15) is 17.6 Å². The molecule has 7 heteroatoms. The van der Waals surface area contributed by atoms with Crippen LogP contribution >= 0.6 is 0 Å². The Labute approximate surface area is 103 Å². The Morgan fingerprint density at radius 3 is 2.50 bits per heavy atom. The van der Waals surface area contributed by atoms with Gasteiger partial charge in [-0.1, -0.05) is 6.07 Å². The van der Waals surface area contributed by atoms with Crippen molar-refractivity contribution in [3.63, 3.8) is 0 Å². The number of nitrogens with zero attached hydrogens (tertiary/aromatic N) is 2. The van der Waals surface area contributed by atoms with Crippen molar-refractivity contribution in [1.82, 2.24) is 9.88 Å². The molecule has 0 aliphatic rings. The maximum absolute atomic E-state index is 12.4. The molecule has 0 aliphatic heterocycles. The van der Waals surface area contributed by atoms with Crippen molar-refractivity contribution in [3.8, 4) is 0 Å². The summed E-state index contributed by atoms with van der Waals surface area (Å²) in [5, 5.41) is 2.63. The van der Waals surface area contributed by atoms with E-state index in [0.29, 0.717) is 0 Å². The number of pyridine rings is 1. The molecular formula is C11H14F3N3O. The molecule has 0 spiro atoms. The molecule has 0 bridgehead atoms. The molecule has 0 aliphatic carbocycles. The lowest BCUT2D eigenvalue weighted by molar-refractivity contribution is -0.141. The lowest BCUT2D eigenvalue weighted by atomic mass is 10.3. The van der Waals surface area contributed by atoms with Gasteiger partial charge in [0.25, 0.3) is 0 Å². The first-order valence-corrected chi connectivity index (χ1v) is 5.24. The number of hydrogen-bond donors (Lipinski definition) is 1. The summed E-state index contributed by atoms with van der Waals surface area (Å²) in [7, 11) is 3.14. The number of alkyl halides is 3. The van der Waals surface area contributed by atoms with Gasteiger partial charge in [0.05, 0.1) is 0 Å². The number of carbonyl (C=O) groups is 1. The molecule has 1 N–H and O–H groups in total. The fourth-order valence-electron chi connectivity index (χ4n) is 1.34. The number of nitrogens with one attached hydrogen (secondary N) is 1. The van der Waals surface area contributed by atoms with Gasteiger partial charge in [-0.3, -0.25) is 4.79 Å². The Bertz CT molecular complexity index is 432. The van der Waals surface area contributed by atoms with Crippen LogP contribution in [0.4, 0.5) is 19.0 Å². The van der Waals surface area contributed by atoms with Crippen molar-refractivity contribution in [2.75, 3.05) is 19.4 Å². The van der Waals surface area contributed by atoms with Gasteiger partial charge in [0.2, 0.25) is 5.91 Å². The van der Waals surface area contributed by atoms with Gasteiger partial charge in [0.15, 0.2) is 0 Å². The second kappa shape index (κ2) is 5.24. The predicted octanol–water partition coefficient (Wildman–Crippen LogP) is 1.99. The number of amides is 1. The smallest absolute Gasteiger partial charge is 0.359 e. The summed E-state index contributed by atoms with van der Waals surface area (Å²) in [6.45, 7) is 1.56. The second-order valence-electron chi connectivity index (χ2n) is 4.00. The third-order valence-corrected chi connectivity index (χ3v) is 2.22. The molecule has 1 aromatic heterocycles. The van der Waals surface area contributed by atoms with Gasteiger partial charge in [0, 0.05) is 14.1 Å². The number of hydrogen-bond acceptors (Lipinski definition) is 3. The van der Waals surface area contributed by atoms with Gasteiger partial charge >= 0.3 is 6.18 Å². The number of carbonyl (C=O) groups excluding carboxylic acids is 1. The normalized spacial score (nSPS) is 13.0. The zero-order chi connectivity index (χ0) is 13.9. The van der Waals surface area contributed by atoms with Crippen molar-refractivity contribution in [2.24, 2.45) is 0 Å². The fourth-order valence-corrected chi connectivity index (χ4v) is 1.34. The average Bonchev–Trinajstić information content (AvgIpc) is 2.27. The lowest BCUT2D eigenvalue weighted by Gasteiger charge is -2.18. The Morgan fingerprint density at radius 2 is 2.00 bits per heavy atom. The molecule has 0 aromatic carbocycles. The van der Waals surface area contributed by atoms with E-state index in [2.05, 4.69) is 10.3 Å². The average molecular weight is 261 g/mol. The van der Waals surface area contributed by atoms with Gasteiger partial charge in [-0.25, -0.2) is 4.98 Å². The van der Waals surface area contributed by atoms with Crippen molar-refractivity contribution >= 4 is 11.7 Å². The summed E-state index contributed by atoms with van der Waals surface area (Å²) in [6.07, 6.45) is -4.49. The number of rotatable bonds is 3. The highest BCUT2D eigenvalue weighted by atomic mass is 19.4. The molecule has 0 fully saturated rings. The van der Waals surface area contributed by atoms with Crippen molar-refractivity contribution in [3.05, 3.63) is 23.9 Å². The summed E-state index contributed by atoms with van der Waals surface area (Å²) < 4.78 is 37.3. The van der Waals surface area contributed by atoms with Gasteiger partial charge in [-0.15, -0.1) is 0 Å². The second-order valence-corrected chi connectivity index (χ2v) is 4.00. The largest absolute Gasteiger partial charge is 0.433 e. The Morgan fingerprint density at radius 1 is 1.39 bits per heavy atom. The fraction of sp³-hybridized carbons (Fsp3) is 0.455. The van der Waals surface area contributed by atoms with E-state index in [9.17, 15) is 18.0 Å². The van der Waals surface area contributed by atoms with Gasteiger partial charge < -0.3 is 10.2 Å². The highest BCUT2D eigenvalue weighted by Crippen LogP contribution is 2.28. The zero-order valence-corrected chi connectivity index (χ0v) is 10.2. The molecule has 4 nitrogen and oxygen atoms in total. The van der Waals surface area contributed by atoms with E-state index in [4.69, 9.17) is 0 Å². The first-order chi connectivity index (χ1) is 8.21. The van der Waals surface area contributed by atoms with E-state index in [1.165, 1.54) is 17.0 Å². The van der Waals surface area contributed by atoms with Crippen molar-refractivity contribution in [2.45, 2.75) is 19.1 Å². The van der Waals surface area contributed by atoms with Crippen molar-refractivity contribution < 1.29 is 18.0 Å². The molecule has 100 valence electrons. The van der Waals surface area contributed by atoms with E-state index >= 15 is 0 Å². The summed E-state index contributed by atoms with van der Waals surface area (Å²) in [6, 6.07) is 2.86. The van der Waals surface area contributed by atoms with Crippen LogP contribution in [-0.2, 0) is 11.0 Å². The van der Waals surface area contributed by atoms with Crippen LogP contribution in [0.5, 0.6) is 0 Å². The summed E-state index contributed by atoms with van der Waals surface area (Å²) in [5.41, 5.74) is -0.989. The molecule has 1 atom stereocenters. The summed E-state index contributed by atoms with van der Waals surface area (Å²) in [4.78, 5) is 16.3. The monoisotopic (exact) mass is 261 g/mol. The van der Waals surface area contributed by atoms with Crippen LogP contribution in [0, 0.1) is 0 Å². The van der Waals surface area contributed by atoms with Crippen LogP contribution in [0.1, 0.15) is 12.6 Å². The van der Waals surface area contributed by atoms with Crippen LogP contribution in [0.15, 0.2) is 18.2 Å². The first kappa shape index (κ1) is 14.3. The Balaban J connectivity index is 2.83. The summed E-state index contributed by atoms with van der Waals surface area (Å²) in [5.74, 6) is -0.221. The minimum atomic E-state index is -4.49. The van der Waals surface area contributed by atoms with E-state index in [1.54, 1.807) is 21.0 Å². The Kier molecular flexibility index (Phi) is 4.15. The molecule has 0 unspecified atom stereocenters. The molecule has 18 heavy (non-hydrogen) atoms. The third-order valence-electron chi connectivity index (χ3n) is 2.22. The molecule has 0 saturated carbocycles. The minimum Gasteiger partial charge on any atom is -0.359 e. The van der Waals surface area contributed by atoms with E-state index in [1.807, 2.05) is 0 Å². The lowest BCUT2D eigenvalue weighted by Crippen LogP contribution is -2.36. The van der Waals surface area contributed by atoms with Gasteiger partial charge in [-0.2, -0.15) is 13.2 Å². The van der Waals surface area contributed by atoms with E-state index in [0.717, 1.165) is 6.07 Å². The van der Waals surface area contributed by atoms with Crippen LogP contribution in [-0.4, -0.2) is 35.9 Å². The number of halogens is 3. The minimum absolute atomic E-state index is 0.0209. The molecule has 1 heterocycles. The summed E-state index contributed by atoms with van der Waals surface area (Å²) >= 11 is 0.